The topological polar surface area (TPSA) is 46.8 Å². The molecule has 90 valence electrons. The summed E-state index contributed by atoms with van der Waals surface area (Å²) in [5, 5.41) is 9.30. The summed E-state index contributed by atoms with van der Waals surface area (Å²) in [6, 6.07) is 10.8. The van der Waals surface area contributed by atoms with Crippen LogP contribution in [0, 0.1) is 0 Å². The fourth-order valence-corrected chi connectivity index (χ4v) is 1.92. The number of rotatable bonds is 2. The van der Waals surface area contributed by atoms with Gasteiger partial charge in [-0.3, -0.25) is 4.40 Å². The van der Waals surface area contributed by atoms with Crippen molar-refractivity contribution in [3.63, 3.8) is 0 Å². The number of methoxy groups -OCH3 is 1. The van der Waals surface area contributed by atoms with Crippen molar-refractivity contribution >= 4 is 5.52 Å². The maximum absolute atomic E-state index is 9.30. The highest BCUT2D eigenvalue weighted by Crippen LogP contribution is 2.23. The van der Waals surface area contributed by atoms with E-state index in [1.54, 1.807) is 19.2 Å². The van der Waals surface area contributed by atoms with Crippen LogP contribution in [0.5, 0.6) is 11.5 Å². The highest BCUT2D eigenvalue weighted by atomic mass is 16.5. The Kier molecular flexibility index (Phi) is 2.41. The van der Waals surface area contributed by atoms with Gasteiger partial charge in [-0.2, -0.15) is 0 Å². The summed E-state index contributed by atoms with van der Waals surface area (Å²) in [6.45, 7) is 0. The van der Waals surface area contributed by atoms with E-state index in [0.717, 1.165) is 22.7 Å². The number of ether oxygens (including phenoxy) is 1. The molecule has 0 aliphatic carbocycles. The lowest BCUT2D eigenvalue weighted by Crippen LogP contribution is -1.91. The van der Waals surface area contributed by atoms with Gasteiger partial charge in [-0.05, 0) is 36.4 Å². The van der Waals surface area contributed by atoms with Crippen molar-refractivity contribution in [1.82, 2.24) is 9.38 Å². The van der Waals surface area contributed by atoms with Crippen LogP contribution in [0.2, 0.25) is 0 Å². The maximum Gasteiger partial charge on any atom is 0.144 e. The fraction of sp³-hybridized carbons (Fsp3) is 0.0714. The highest BCUT2D eigenvalue weighted by Gasteiger charge is 2.07. The van der Waals surface area contributed by atoms with Crippen LogP contribution in [0.25, 0.3) is 16.9 Å². The second kappa shape index (κ2) is 4.07. The number of phenolic OH excluding ortho intramolecular Hbond substituents is 1. The van der Waals surface area contributed by atoms with E-state index in [9.17, 15) is 5.11 Å². The minimum absolute atomic E-state index is 0.247. The molecule has 4 heteroatoms. The minimum Gasteiger partial charge on any atom is -0.508 e. The summed E-state index contributed by atoms with van der Waals surface area (Å²) < 4.78 is 7.18. The van der Waals surface area contributed by atoms with Gasteiger partial charge in [0, 0.05) is 5.56 Å². The number of benzene rings is 1. The first kappa shape index (κ1) is 10.7. The summed E-state index contributed by atoms with van der Waals surface area (Å²) in [5.74, 6) is 1.85. The molecule has 4 nitrogen and oxygen atoms in total. The number of imidazole rings is 1. The van der Waals surface area contributed by atoms with E-state index in [1.807, 2.05) is 41.1 Å². The van der Waals surface area contributed by atoms with Crippen LogP contribution in [0.3, 0.4) is 0 Å². The summed E-state index contributed by atoms with van der Waals surface area (Å²) in [6.07, 6.45) is 3.70. The zero-order chi connectivity index (χ0) is 12.5. The SMILES string of the molecule is COc1ccc2cnc(-c3ccc(O)cc3)n2c1. The molecule has 0 aliphatic heterocycles. The Morgan fingerprint density at radius 3 is 2.61 bits per heavy atom. The van der Waals surface area contributed by atoms with Crippen LogP contribution in [0.4, 0.5) is 0 Å². The number of fused-ring (bicyclic) bond motifs is 1. The maximum atomic E-state index is 9.30. The monoisotopic (exact) mass is 240 g/mol. The molecule has 1 N–H and O–H groups in total. The van der Waals surface area contributed by atoms with Gasteiger partial charge in [0.05, 0.1) is 25.0 Å². The lowest BCUT2D eigenvalue weighted by Gasteiger charge is -2.04. The molecule has 1 aromatic carbocycles. The number of phenols is 1. The number of aromatic hydroxyl groups is 1. The van der Waals surface area contributed by atoms with Crippen LogP contribution in [-0.4, -0.2) is 21.6 Å². The molecular weight excluding hydrogens is 228 g/mol. The van der Waals surface area contributed by atoms with Gasteiger partial charge in [-0.1, -0.05) is 0 Å². The summed E-state index contributed by atoms with van der Waals surface area (Å²) in [5.41, 5.74) is 1.94. The zero-order valence-electron chi connectivity index (χ0n) is 9.87. The van der Waals surface area contributed by atoms with E-state index in [0.29, 0.717) is 0 Å². The molecule has 3 aromatic rings. The molecule has 0 fully saturated rings. The number of nitrogens with zero attached hydrogens (tertiary/aromatic N) is 2. The number of aromatic nitrogens is 2. The molecule has 0 saturated carbocycles. The average molecular weight is 240 g/mol. The molecule has 0 unspecified atom stereocenters. The Morgan fingerprint density at radius 1 is 1.11 bits per heavy atom. The molecule has 2 heterocycles. The van der Waals surface area contributed by atoms with E-state index in [2.05, 4.69) is 4.98 Å². The summed E-state index contributed by atoms with van der Waals surface area (Å²) >= 11 is 0. The second-order valence-electron chi connectivity index (χ2n) is 3.99. The van der Waals surface area contributed by atoms with Crippen LogP contribution >= 0.6 is 0 Å². The molecule has 3 rings (SSSR count). The van der Waals surface area contributed by atoms with Crippen molar-refractivity contribution in [2.24, 2.45) is 0 Å². The minimum atomic E-state index is 0.247. The highest BCUT2D eigenvalue weighted by molar-refractivity contribution is 5.63. The molecular formula is C14H12N2O2. The Hall–Kier alpha value is -2.49. The molecule has 0 saturated heterocycles. The predicted molar refractivity (Wildman–Crippen MR) is 68.8 cm³/mol. The zero-order valence-corrected chi connectivity index (χ0v) is 9.87. The van der Waals surface area contributed by atoms with E-state index < -0.39 is 0 Å². The third-order valence-electron chi connectivity index (χ3n) is 2.86. The first-order valence-electron chi connectivity index (χ1n) is 5.58. The molecule has 0 atom stereocenters. The van der Waals surface area contributed by atoms with Gasteiger partial charge >= 0.3 is 0 Å². The molecule has 2 aromatic heterocycles. The fourth-order valence-electron chi connectivity index (χ4n) is 1.92. The molecule has 0 radical (unpaired) electrons. The Bertz CT molecular complexity index is 687. The van der Waals surface area contributed by atoms with Crippen molar-refractivity contribution < 1.29 is 9.84 Å². The average Bonchev–Trinajstić information content (AvgIpc) is 2.82. The van der Waals surface area contributed by atoms with Crippen LogP contribution in [-0.2, 0) is 0 Å². The number of hydrogen-bond acceptors (Lipinski definition) is 3. The van der Waals surface area contributed by atoms with E-state index in [4.69, 9.17) is 4.74 Å². The Labute approximate surface area is 104 Å². The normalized spacial score (nSPS) is 10.7. The third kappa shape index (κ3) is 1.68. The van der Waals surface area contributed by atoms with Crippen LogP contribution < -0.4 is 4.74 Å². The summed E-state index contributed by atoms with van der Waals surface area (Å²) in [4.78, 5) is 4.40. The van der Waals surface area contributed by atoms with Gasteiger partial charge in [0.15, 0.2) is 0 Å². The predicted octanol–water partition coefficient (Wildman–Crippen LogP) is 2.72. The van der Waals surface area contributed by atoms with Crippen LogP contribution in [0.1, 0.15) is 0 Å². The van der Waals surface area contributed by atoms with Gasteiger partial charge < -0.3 is 9.84 Å². The molecule has 0 aliphatic rings. The molecule has 0 amide bonds. The molecule has 0 bridgehead atoms. The smallest absolute Gasteiger partial charge is 0.144 e. The van der Waals surface area contributed by atoms with Gasteiger partial charge in [0.2, 0.25) is 0 Å². The van der Waals surface area contributed by atoms with Gasteiger partial charge in [0.1, 0.15) is 17.3 Å². The Morgan fingerprint density at radius 2 is 1.89 bits per heavy atom. The summed E-state index contributed by atoms with van der Waals surface area (Å²) in [7, 11) is 1.64. The van der Waals surface area contributed by atoms with Gasteiger partial charge in [-0.25, -0.2) is 4.98 Å². The molecule has 18 heavy (non-hydrogen) atoms. The first-order valence-corrected chi connectivity index (χ1v) is 5.58. The quantitative estimate of drug-likeness (QED) is 0.749. The Balaban J connectivity index is 2.19. The van der Waals surface area contributed by atoms with E-state index in [-0.39, 0.29) is 5.75 Å². The third-order valence-corrected chi connectivity index (χ3v) is 2.86. The first-order chi connectivity index (χ1) is 8.78. The van der Waals surface area contributed by atoms with Crippen molar-refractivity contribution in [2.75, 3.05) is 7.11 Å². The standard InChI is InChI=1S/C14H12N2O2/c1-18-13-7-4-11-8-15-14(16(11)9-13)10-2-5-12(17)6-3-10/h2-9,17H,1H3. The van der Waals surface area contributed by atoms with Gasteiger partial charge in [-0.15, -0.1) is 0 Å². The van der Waals surface area contributed by atoms with Crippen LogP contribution in [0.15, 0.2) is 48.8 Å². The lowest BCUT2D eigenvalue weighted by molar-refractivity contribution is 0.412. The lowest BCUT2D eigenvalue weighted by atomic mass is 10.2. The van der Waals surface area contributed by atoms with Crippen molar-refractivity contribution in [3.05, 3.63) is 48.8 Å². The second-order valence-corrected chi connectivity index (χ2v) is 3.99. The number of hydrogen-bond donors (Lipinski definition) is 1. The van der Waals surface area contributed by atoms with Crippen molar-refractivity contribution in [3.8, 4) is 22.9 Å². The largest absolute Gasteiger partial charge is 0.508 e. The van der Waals surface area contributed by atoms with Gasteiger partial charge in [0.25, 0.3) is 0 Å². The van der Waals surface area contributed by atoms with Crippen molar-refractivity contribution in [1.29, 1.82) is 0 Å². The van der Waals surface area contributed by atoms with E-state index >= 15 is 0 Å². The van der Waals surface area contributed by atoms with Crippen molar-refractivity contribution in [2.45, 2.75) is 0 Å². The van der Waals surface area contributed by atoms with E-state index in [1.165, 1.54) is 0 Å². The number of pyridine rings is 1. The molecule has 0 spiro atoms.